The van der Waals surface area contributed by atoms with Crippen LogP contribution in [0.2, 0.25) is 5.02 Å². The molecule has 1 heterocycles. The molecule has 0 saturated carbocycles. The van der Waals surface area contributed by atoms with E-state index in [1.54, 1.807) is 49.5 Å². The number of methoxy groups -OCH3 is 2. The molecule has 7 heteroatoms. The van der Waals surface area contributed by atoms with E-state index in [9.17, 15) is 9.59 Å². The third kappa shape index (κ3) is 5.13. The summed E-state index contributed by atoms with van der Waals surface area (Å²) in [6, 6.07) is 12.6. The van der Waals surface area contributed by atoms with E-state index in [2.05, 4.69) is 12.2 Å². The quantitative estimate of drug-likeness (QED) is 0.621. The Bertz CT molecular complexity index is 934. The molecule has 31 heavy (non-hydrogen) atoms. The summed E-state index contributed by atoms with van der Waals surface area (Å²) in [5, 5.41) is 3.43. The van der Waals surface area contributed by atoms with Crippen LogP contribution in [0.25, 0.3) is 0 Å². The molecule has 0 aromatic heterocycles. The fraction of sp³-hybridized carbons (Fsp3) is 0.417. The minimum atomic E-state index is -0.384. The first-order valence-electron chi connectivity index (χ1n) is 10.5. The average Bonchev–Trinajstić information content (AvgIpc) is 3.24. The number of unbranched alkanes of at least 4 members (excludes halogenated alkanes) is 1. The van der Waals surface area contributed by atoms with Gasteiger partial charge in [-0.15, -0.1) is 0 Å². The molecule has 2 atom stereocenters. The molecular formula is C24H29ClN2O4. The summed E-state index contributed by atoms with van der Waals surface area (Å²) >= 11 is 6.25. The highest BCUT2D eigenvalue weighted by molar-refractivity contribution is 6.33. The molecule has 1 aliphatic rings. The molecule has 1 saturated heterocycles. The van der Waals surface area contributed by atoms with Crippen molar-refractivity contribution >= 4 is 23.4 Å². The van der Waals surface area contributed by atoms with Gasteiger partial charge < -0.3 is 19.7 Å². The lowest BCUT2D eigenvalue weighted by Crippen LogP contribution is -2.36. The first-order chi connectivity index (χ1) is 15.0. The van der Waals surface area contributed by atoms with E-state index in [0.29, 0.717) is 41.7 Å². The molecule has 0 bridgehead atoms. The number of nitrogens with zero attached hydrogens (tertiary/aromatic N) is 1. The second-order valence-electron chi connectivity index (χ2n) is 7.66. The average molecular weight is 445 g/mol. The van der Waals surface area contributed by atoms with Gasteiger partial charge in [-0.05, 0) is 24.6 Å². The van der Waals surface area contributed by atoms with Gasteiger partial charge in [0.2, 0.25) is 5.91 Å². The number of nitrogens with one attached hydrogen (secondary N) is 1. The number of amides is 2. The van der Waals surface area contributed by atoms with Gasteiger partial charge in [-0.3, -0.25) is 9.59 Å². The van der Waals surface area contributed by atoms with Crippen LogP contribution in [0.5, 0.6) is 11.5 Å². The van der Waals surface area contributed by atoms with Crippen LogP contribution in [0.1, 0.15) is 41.6 Å². The van der Waals surface area contributed by atoms with Crippen molar-refractivity contribution in [3.63, 3.8) is 0 Å². The maximum absolute atomic E-state index is 13.2. The number of carbonyl (C=O) groups is 2. The van der Waals surface area contributed by atoms with Gasteiger partial charge in [-0.1, -0.05) is 43.1 Å². The normalized spacial score (nSPS) is 18.0. The van der Waals surface area contributed by atoms with Crippen LogP contribution < -0.4 is 14.8 Å². The van der Waals surface area contributed by atoms with Gasteiger partial charge in [0.1, 0.15) is 11.5 Å². The Morgan fingerprint density at radius 3 is 2.58 bits per heavy atom. The number of halogens is 1. The zero-order chi connectivity index (χ0) is 22.4. The SMILES string of the molecule is CCCCNC(=O)[C@H]1CN(C(=O)c2ccccc2Cl)C[C@@H]1c1ccc(OC)cc1OC. The number of carbonyl (C=O) groups excluding carboxylic acids is 2. The standard InChI is InChI=1S/C24H29ClN2O4/c1-4-5-12-26-23(28)20-15-27(24(29)18-8-6-7-9-21(18)25)14-19(20)17-11-10-16(30-2)13-22(17)31-3/h6-11,13,19-20H,4-5,12,14-15H2,1-3H3,(H,26,28)/t19-,20+/m1/s1. The molecule has 6 nitrogen and oxygen atoms in total. The molecule has 1 fully saturated rings. The number of benzene rings is 2. The van der Waals surface area contributed by atoms with E-state index in [1.165, 1.54) is 0 Å². The number of hydrogen-bond donors (Lipinski definition) is 1. The van der Waals surface area contributed by atoms with Crippen molar-refractivity contribution in [2.45, 2.75) is 25.7 Å². The molecule has 1 N–H and O–H groups in total. The maximum atomic E-state index is 13.2. The third-order valence-corrected chi connectivity index (χ3v) is 6.05. The van der Waals surface area contributed by atoms with Crippen LogP contribution in [0.4, 0.5) is 0 Å². The Hall–Kier alpha value is -2.73. The van der Waals surface area contributed by atoms with Crippen LogP contribution in [0.3, 0.4) is 0 Å². The van der Waals surface area contributed by atoms with Crippen LogP contribution >= 0.6 is 11.6 Å². The van der Waals surface area contributed by atoms with E-state index >= 15 is 0 Å². The van der Waals surface area contributed by atoms with Crippen LogP contribution in [0.15, 0.2) is 42.5 Å². The van der Waals surface area contributed by atoms with Gasteiger partial charge in [0.25, 0.3) is 5.91 Å². The second kappa shape index (κ2) is 10.5. The van der Waals surface area contributed by atoms with Crippen molar-refractivity contribution in [1.82, 2.24) is 10.2 Å². The highest BCUT2D eigenvalue weighted by Crippen LogP contribution is 2.40. The van der Waals surface area contributed by atoms with E-state index < -0.39 is 0 Å². The summed E-state index contributed by atoms with van der Waals surface area (Å²) in [6.07, 6.45) is 1.91. The van der Waals surface area contributed by atoms with Gasteiger partial charge in [-0.25, -0.2) is 0 Å². The van der Waals surface area contributed by atoms with Crippen molar-refractivity contribution in [2.75, 3.05) is 33.9 Å². The molecule has 2 aromatic carbocycles. The molecule has 0 spiro atoms. The van der Waals surface area contributed by atoms with Gasteiger partial charge in [0.15, 0.2) is 0 Å². The molecule has 0 unspecified atom stereocenters. The summed E-state index contributed by atoms with van der Waals surface area (Å²) in [4.78, 5) is 28.0. The highest BCUT2D eigenvalue weighted by atomic mass is 35.5. The van der Waals surface area contributed by atoms with E-state index in [1.807, 2.05) is 12.1 Å². The lowest BCUT2D eigenvalue weighted by Gasteiger charge is -2.21. The zero-order valence-corrected chi connectivity index (χ0v) is 18.9. The number of rotatable bonds is 8. The minimum Gasteiger partial charge on any atom is -0.497 e. The van der Waals surface area contributed by atoms with Crippen LogP contribution in [0, 0.1) is 5.92 Å². The van der Waals surface area contributed by atoms with Crippen LogP contribution in [-0.2, 0) is 4.79 Å². The van der Waals surface area contributed by atoms with E-state index in [-0.39, 0.29) is 23.7 Å². The molecule has 166 valence electrons. The Balaban J connectivity index is 1.92. The van der Waals surface area contributed by atoms with Gasteiger partial charge in [-0.2, -0.15) is 0 Å². The van der Waals surface area contributed by atoms with Crippen molar-refractivity contribution in [1.29, 1.82) is 0 Å². The Kier molecular flexibility index (Phi) is 7.80. The minimum absolute atomic E-state index is 0.0502. The monoisotopic (exact) mass is 444 g/mol. The summed E-state index contributed by atoms with van der Waals surface area (Å²) in [7, 11) is 3.19. The second-order valence-corrected chi connectivity index (χ2v) is 8.06. The Morgan fingerprint density at radius 2 is 1.90 bits per heavy atom. The lowest BCUT2D eigenvalue weighted by molar-refractivity contribution is -0.124. The van der Waals surface area contributed by atoms with Gasteiger partial charge >= 0.3 is 0 Å². The fourth-order valence-corrected chi connectivity index (χ4v) is 4.22. The molecule has 1 aliphatic heterocycles. The third-order valence-electron chi connectivity index (χ3n) is 5.72. The highest BCUT2D eigenvalue weighted by Gasteiger charge is 2.42. The Morgan fingerprint density at radius 1 is 1.13 bits per heavy atom. The summed E-state index contributed by atoms with van der Waals surface area (Å²) in [6.45, 7) is 3.42. The van der Waals surface area contributed by atoms with Gasteiger partial charge in [0.05, 0.1) is 30.7 Å². The number of hydrogen-bond acceptors (Lipinski definition) is 4. The smallest absolute Gasteiger partial charge is 0.255 e. The van der Waals surface area contributed by atoms with E-state index in [0.717, 1.165) is 18.4 Å². The van der Waals surface area contributed by atoms with E-state index in [4.69, 9.17) is 21.1 Å². The largest absolute Gasteiger partial charge is 0.497 e. The summed E-state index contributed by atoms with van der Waals surface area (Å²) < 4.78 is 10.9. The molecule has 3 rings (SSSR count). The summed E-state index contributed by atoms with van der Waals surface area (Å²) in [5.41, 5.74) is 1.32. The van der Waals surface area contributed by atoms with Crippen molar-refractivity contribution in [3.8, 4) is 11.5 Å². The number of ether oxygens (including phenoxy) is 2. The summed E-state index contributed by atoms with van der Waals surface area (Å²) in [5.74, 6) is 0.506. The Labute approximate surface area is 188 Å². The van der Waals surface area contributed by atoms with Gasteiger partial charge in [0, 0.05) is 37.2 Å². The predicted molar refractivity (Wildman–Crippen MR) is 121 cm³/mol. The first kappa shape index (κ1) is 22.9. The van der Waals surface area contributed by atoms with Crippen molar-refractivity contribution in [2.24, 2.45) is 5.92 Å². The molecule has 2 aromatic rings. The lowest BCUT2D eigenvalue weighted by atomic mass is 9.87. The zero-order valence-electron chi connectivity index (χ0n) is 18.2. The predicted octanol–water partition coefficient (Wildman–Crippen LogP) is 4.13. The molecule has 0 aliphatic carbocycles. The van der Waals surface area contributed by atoms with Crippen molar-refractivity contribution < 1.29 is 19.1 Å². The first-order valence-corrected chi connectivity index (χ1v) is 10.9. The molecular weight excluding hydrogens is 416 g/mol. The number of likely N-dealkylation sites (tertiary alicyclic amines) is 1. The fourth-order valence-electron chi connectivity index (χ4n) is 4.00. The maximum Gasteiger partial charge on any atom is 0.255 e. The van der Waals surface area contributed by atoms with Crippen molar-refractivity contribution in [3.05, 3.63) is 58.6 Å². The molecule has 2 amide bonds. The topological polar surface area (TPSA) is 67.9 Å². The van der Waals surface area contributed by atoms with Crippen LogP contribution in [-0.4, -0.2) is 50.6 Å². The molecule has 0 radical (unpaired) electrons.